The van der Waals surface area contributed by atoms with Gasteiger partial charge in [0.1, 0.15) is 5.82 Å². The van der Waals surface area contributed by atoms with Gasteiger partial charge in [-0.05, 0) is 38.2 Å². The molecule has 1 aliphatic heterocycles. The maximum Gasteiger partial charge on any atom is 0.251 e. The van der Waals surface area contributed by atoms with E-state index in [-0.39, 0.29) is 11.4 Å². The molecular formula is C19H22F2N4O. The van der Waals surface area contributed by atoms with Crippen LogP contribution in [0.5, 0.6) is 0 Å². The van der Waals surface area contributed by atoms with Crippen molar-refractivity contribution in [2.75, 3.05) is 38.1 Å². The molecule has 2 aromatic rings. The third kappa shape index (κ3) is 4.16. The van der Waals surface area contributed by atoms with Crippen LogP contribution in [-0.2, 0) is 0 Å². The maximum atomic E-state index is 13.9. The number of piperazine rings is 1. The third-order valence-corrected chi connectivity index (χ3v) is 4.64. The first-order valence-electron chi connectivity index (χ1n) is 8.59. The van der Waals surface area contributed by atoms with E-state index in [0.29, 0.717) is 5.56 Å². The summed E-state index contributed by atoms with van der Waals surface area (Å²) in [5.41, 5.74) is 1.80. The molecular weight excluding hydrogens is 338 g/mol. The summed E-state index contributed by atoms with van der Waals surface area (Å²) in [4.78, 5) is 20.3. The highest BCUT2D eigenvalue weighted by Crippen LogP contribution is 2.28. The van der Waals surface area contributed by atoms with Gasteiger partial charge in [0.2, 0.25) is 5.95 Å². The molecule has 26 heavy (non-hydrogen) atoms. The Labute approximate surface area is 151 Å². The summed E-state index contributed by atoms with van der Waals surface area (Å²) >= 11 is 0. The van der Waals surface area contributed by atoms with Gasteiger partial charge in [0, 0.05) is 55.3 Å². The van der Waals surface area contributed by atoms with E-state index in [1.807, 2.05) is 0 Å². The summed E-state index contributed by atoms with van der Waals surface area (Å²) in [6.45, 7) is 5.32. The number of halogens is 2. The molecule has 1 fully saturated rings. The zero-order chi connectivity index (χ0) is 18.7. The van der Waals surface area contributed by atoms with Crippen molar-refractivity contribution in [3.8, 4) is 0 Å². The molecule has 1 atom stereocenters. The van der Waals surface area contributed by atoms with Crippen LogP contribution < -0.4 is 10.2 Å². The van der Waals surface area contributed by atoms with Crippen molar-refractivity contribution in [2.45, 2.75) is 13.0 Å². The Morgan fingerprint density at radius 1 is 1.15 bits per heavy atom. The molecule has 138 valence electrons. The number of nitrogens with one attached hydrogen (secondary N) is 1. The topological polar surface area (TPSA) is 48.5 Å². The molecule has 0 saturated carbocycles. The number of carbonyl (C=O) groups excluding carboxylic acids is 1. The van der Waals surface area contributed by atoms with Crippen LogP contribution in [0.3, 0.4) is 0 Å². The third-order valence-electron chi connectivity index (χ3n) is 4.64. The van der Waals surface area contributed by atoms with Crippen molar-refractivity contribution in [1.82, 2.24) is 15.2 Å². The van der Waals surface area contributed by atoms with Crippen molar-refractivity contribution in [2.24, 2.45) is 0 Å². The smallest absolute Gasteiger partial charge is 0.251 e. The lowest BCUT2D eigenvalue weighted by Crippen LogP contribution is -2.45. The average Bonchev–Trinajstić information content (AvgIpc) is 2.62. The second-order valence-electron chi connectivity index (χ2n) is 6.56. The van der Waals surface area contributed by atoms with Crippen molar-refractivity contribution in [3.63, 3.8) is 0 Å². The van der Waals surface area contributed by atoms with Gasteiger partial charge in [0.05, 0.1) is 6.04 Å². The Hall–Kier alpha value is -2.54. The quantitative estimate of drug-likeness (QED) is 0.852. The van der Waals surface area contributed by atoms with E-state index in [0.717, 1.165) is 37.9 Å². The van der Waals surface area contributed by atoms with Gasteiger partial charge in [0.15, 0.2) is 0 Å². The van der Waals surface area contributed by atoms with Crippen LogP contribution in [0.15, 0.2) is 36.5 Å². The minimum Gasteiger partial charge on any atom is -0.369 e. The van der Waals surface area contributed by atoms with E-state index in [4.69, 9.17) is 0 Å². The van der Waals surface area contributed by atoms with Crippen molar-refractivity contribution >= 4 is 11.6 Å². The zero-order valence-electron chi connectivity index (χ0n) is 14.9. The molecule has 5 nitrogen and oxygen atoms in total. The lowest BCUT2D eigenvalue weighted by atomic mass is 10.0. The van der Waals surface area contributed by atoms with E-state index >= 15 is 0 Å². The highest BCUT2D eigenvalue weighted by molar-refractivity contribution is 5.94. The average molecular weight is 360 g/mol. The van der Waals surface area contributed by atoms with Crippen LogP contribution in [-0.4, -0.2) is 49.0 Å². The van der Waals surface area contributed by atoms with Gasteiger partial charge in [-0.2, -0.15) is 4.39 Å². The fourth-order valence-corrected chi connectivity index (χ4v) is 3.11. The zero-order valence-corrected chi connectivity index (χ0v) is 14.9. The fourth-order valence-electron chi connectivity index (χ4n) is 3.11. The summed E-state index contributed by atoms with van der Waals surface area (Å²) in [6.07, 6.45) is 1.24. The number of anilines is 1. The minimum absolute atomic E-state index is 0.182. The largest absolute Gasteiger partial charge is 0.369 e. The van der Waals surface area contributed by atoms with Crippen LogP contribution in [0.4, 0.5) is 14.5 Å². The molecule has 0 radical (unpaired) electrons. The number of likely N-dealkylation sites (N-methyl/N-ethyl adjacent to an activating group) is 1. The molecule has 1 aromatic carbocycles. The summed E-state index contributed by atoms with van der Waals surface area (Å²) < 4.78 is 27.1. The summed E-state index contributed by atoms with van der Waals surface area (Å²) in [7, 11) is 2.07. The molecule has 0 spiro atoms. The van der Waals surface area contributed by atoms with Gasteiger partial charge in [-0.15, -0.1) is 0 Å². The molecule has 1 aliphatic rings. The highest BCUT2D eigenvalue weighted by Gasteiger charge is 2.21. The predicted octanol–water partition coefficient (Wildman–Crippen LogP) is 2.60. The number of pyridine rings is 1. The van der Waals surface area contributed by atoms with Gasteiger partial charge in [0.25, 0.3) is 5.91 Å². The van der Waals surface area contributed by atoms with Crippen LogP contribution in [0.1, 0.15) is 28.9 Å². The van der Waals surface area contributed by atoms with E-state index in [1.165, 1.54) is 24.4 Å². The number of nitrogens with zero attached hydrogens (tertiary/aromatic N) is 3. The van der Waals surface area contributed by atoms with Crippen LogP contribution in [0, 0.1) is 11.8 Å². The molecule has 1 aromatic heterocycles. The van der Waals surface area contributed by atoms with E-state index in [9.17, 15) is 13.6 Å². The van der Waals surface area contributed by atoms with Gasteiger partial charge in [-0.25, -0.2) is 9.37 Å². The summed E-state index contributed by atoms with van der Waals surface area (Å²) in [5.74, 6) is -1.49. The molecule has 1 N–H and O–H groups in total. The SMILES string of the molecule is CC(NC(=O)c1ccnc(F)c1)c1cc(F)ccc1N1CCN(C)CC1. The van der Waals surface area contributed by atoms with E-state index in [1.54, 1.807) is 13.0 Å². The number of benzene rings is 1. The second kappa shape index (κ2) is 7.78. The van der Waals surface area contributed by atoms with Gasteiger partial charge in [-0.3, -0.25) is 4.79 Å². The number of amides is 1. The fraction of sp³-hybridized carbons (Fsp3) is 0.368. The Morgan fingerprint density at radius 3 is 2.58 bits per heavy atom. The summed E-state index contributed by atoms with van der Waals surface area (Å²) in [5, 5.41) is 2.82. The van der Waals surface area contributed by atoms with Gasteiger partial charge >= 0.3 is 0 Å². The Balaban J connectivity index is 1.81. The van der Waals surface area contributed by atoms with Gasteiger partial charge < -0.3 is 15.1 Å². The minimum atomic E-state index is -0.714. The molecule has 1 unspecified atom stereocenters. The normalized spacial score (nSPS) is 16.4. The molecule has 1 amide bonds. The number of hydrogen-bond acceptors (Lipinski definition) is 4. The number of rotatable bonds is 4. The van der Waals surface area contributed by atoms with Gasteiger partial charge in [-0.1, -0.05) is 0 Å². The van der Waals surface area contributed by atoms with Crippen LogP contribution in [0.25, 0.3) is 0 Å². The van der Waals surface area contributed by atoms with Crippen LogP contribution in [0.2, 0.25) is 0 Å². The Morgan fingerprint density at radius 2 is 1.88 bits per heavy atom. The number of aromatic nitrogens is 1. The first-order valence-corrected chi connectivity index (χ1v) is 8.59. The first-order chi connectivity index (χ1) is 12.4. The molecule has 0 bridgehead atoms. The number of hydrogen-bond donors (Lipinski definition) is 1. The van der Waals surface area contributed by atoms with Crippen molar-refractivity contribution in [1.29, 1.82) is 0 Å². The highest BCUT2D eigenvalue weighted by atomic mass is 19.1. The Kier molecular flexibility index (Phi) is 5.46. The monoisotopic (exact) mass is 360 g/mol. The van der Waals surface area contributed by atoms with E-state index < -0.39 is 17.9 Å². The first kappa shape index (κ1) is 18.3. The van der Waals surface area contributed by atoms with E-state index in [2.05, 4.69) is 27.1 Å². The molecule has 0 aliphatic carbocycles. The summed E-state index contributed by atoms with van der Waals surface area (Å²) in [6, 6.07) is 6.73. The Bertz CT molecular complexity index is 791. The van der Waals surface area contributed by atoms with Crippen molar-refractivity contribution in [3.05, 3.63) is 59.4 Å². The standard InChI is InChI=1S/C19H22F2N4O/c1-13(23-19(26)14-5-6-22-18(21)11-14)16-12-15(20)3-4-17(16)25-9-7-24(2)8-10-25/h3-6,11-13H,7-10H2,1-2H3,(H,23,26). The predicted molar refractivity (Wildman–Crippen MR) is 96.2 cm³/mol. The molecule has 1 saturated heterocycles. The molecule has 7 heteroatoms. The molecule has 3 rings (SSSR count). The number of carbonyl (C=O) groups is 1. The van der Waals surface area contributed by atoms with Crippen molar-refractivity contribution < 1.29 is 13.6 Å². The lowest BCUT2D eigenvalue weighted by molar-refractivity contribution is 0.0939. The second-order valence-corrected chi connectivity index (χ2v) is 6.56. The van der Waals surface area contributed by atoms with Crippen LogP contribution >= 0.6 is 0 Å². The molecule has 2 heterocycles. The maximum absolute atomic E-state index is 13.9. The lowest BCUT2D eigenvalue weighted by Gasteiger charge is -2.36.